The number of nitrogens with two attached hydrogens (primary N) is 1. The van der Waals surface area contributed by atoms with Gasteiger partial charge >= 0.3 is 0 Å². The van der Waals surface area contributed by atoms with E-state index in [-0.39, 0.29) is 22.4 Å². The van der Waals surface area contributed by atoms with Gasteiger partial charge in [0.2, 0.25) is 10.0 Å². The number of carbonyl (C=O) groups excluding carboxylic acids is 1. The molecule has 0 aromatic heterocycles. The lowest BCUT2D eigenvalue weighted by Crippen LogP contribution is -2.32. The Bertz CT molecular complexity index is 893. The zero-order chi connectivity index (χ0) is 17.3. The number of ether oxygens (including phenoxy) is 1. The van der Waals surface area contributed by atoms with E-state index in [0.717, 1.165) is 11.3 Å². The van der Waals surface area contributed by atoms with E-state index in [4.69, 9.17) is 9.88 Å². The number of hydrogen-bond donors (Lipinski definition) is 2. The summed E-state index contributed by atoms with van der Waals surface area (Å²) in [6.07, 6.45) is 0.649. The minimum atomic E-state index is -3.87. The molecule has 3 N–H and O–H groups in total. The fourth-order valence-corrected chi connectivity index (χ4v) is 3.59. The Hall–Kier alpha value is -2.38. The summed E-state index contributed by atoms with van der Waals surface area (Å²) in [6.45, 7) is 2.15. The molecule has 1 aliphatic rings. The first-order valence-corrected chi connectivity index (χ1v) is 9.07. The predicted octanol–water partition coefficient (Wildman–Crippen LogP) is 1.90. The van der Waals surface area contributed by atoms with E-state index in [2.05, 4.69) is 5.32 Å². The molecule has 0 fully saturated rings. The number of para-hydroxylation sites is 1. The Labute approximate surface area is 140 Å². The van der Waals surface area contributed by atoms with Gasteiger partial charge in [-0.05, 0) is 30.7 Å². The molecule has 1 amide bonds. The molecule has 0 saturated heterocycles. The zero-order valence-electron chi connectivity index (χ0n) is 13.2. The van der Waals surface area contributed by atoms with Crippen molar-refractivity contribution in [1.82, 2.24) is 5.32 Å². The third kappa shape index (κ3) is 3.27. The maximum absolute atomic E-state index is 12.5. The summed E-state index contributed by atoms with van der Waals surface area (Å²) in [5, 5.41) is 8.13. The Balaban J connectivity index is 1.87. The number of amides is 1. The summed E-state index contributed by atoms with van der Waals surface area (Å²) in [7, 11) is -3.87. The molecule has 0 unspecified atom stereocenters. The number of nitrogens with one attached hydrogen (secondary N) is 1. The van der Waals surface area contributed by atoms with E-state index in [1.807, 2.05) is 24.3 Å². The molecule has 7 heteroatoms. The van der Waals surface area contributed by atoms with E-state index in [0.29, 0.717) is 18.6 Å². The highest BCUT2D eigenvalue weighted by Crippen LogP contribution is 2.31. The fourth-order valence-electron chi connectivity index (χ4n) is 2.78. The van der Waals surface area contributed by atoms with Crippen molar-refractivity contribution in [1.29, 1.82) is 0 Å². The normalized spacial score (nSPS) is 16.8. The van der Waals surface area contributed by atoms with Crippen LogP contribution < -0.4 is 15.2 Å². The highest BCUT2D eigenvalue weighted by atomic mass is 32.2. The van der Waals surface area contributed by atoms with E-state index < -0.39 is 10.0 Å². The number of rotatable bonds is 3. The maximum Gasteiger partial charge on any atom is 0.251 e. The Morgan fingerprint density at radius 3 is 2.75 bits per heavy atom. The number of fused-ring (bicyclic) bond motifs is 1. The molecule has 126 valence electrons. The number of aryl methyl sites for hydroxylation is 1. The highest BCUT2D eigenvalue weighted by molar-refractivity contribution is 7.89. The molecule has 0 radical (unpaired) electrons. The summed E-state index contributed by atoms with van der Waals surface area (Å²) in [4.78, 5) is 12.5. The molecule has 1 aliphatic heterocycles. The standard InChI is InChI=1S/C17H18N2O4S/c1-11-6-7-12(10-16(11)24(18,21)22)17(20)19-14-8-9-23-15-5-3-2-4-13(14)15/h2-7,10,14H,8-9H2,1H3,(H,19,20)(H2,18,21,22)/t14-/m0/s1. The van der Waals surface area contributed by atoms with Gasteiger partial charge in [0.05, 0.1) is 17.5 Å². The molecule has 1 atom stereocenters. The van der Waals surface area contributed by atoms with Gasteiger partial charge in [-0.15, -0.1) is 0 Å². The summed E-state index contributed by atoms with van der Waals surface area (Å²) >= 11 is 0. The van der Waals surface area contributed by atoms with Crippen LogP contribution >= 0.6 is 0 Å². The van der Waals surface area contributed by atoms with E-state index in [1.165, 1.54) is 6.07 Å². The number of hydrogen-bond acceptors (Lipinski definition) is 4. The van der Waals surface area contributed by atoms with Gasteiger partial charge < -0.3 is 10.1 Å². The first-order valence-electron chi connectivity index (χ1n) is 7.52. The van der Waals surface area contributed by atoms with Gasteiger partial charge in [0.1, 0.15) is 5.75 Å². The second-order valence-corrected chi connectivity index (χ2v) is 7.26. The van der Waals surface area contributed by atoms with Crippen LogP contribution in [0.4, 0.5) is 0 Å². The second-order valence-electron chi connectivity index (χ2n) is 5.73. The van der Waals surface area contributed by atoms with E-state index in [1.54, 1.807) is 19.1 Å². The minimum absolute atomic E-state index is 0.0393. The van der Waals surface area contributed by atoms with Crippen LogP contribution in [0.25, 0.3) is 0 Å². The van der Waals surface area contributed by atoms with Crippen LogP contribution in [0.1, 0.15) is 33.9 Å². The fraction of sp³-hybridized carbons (Fsp3) is 0.235. The molecule has 6 nitrogen and oxygen atoms in total. The third-order valence-corrected chi connectivity index (χ3v) is 5.07. The smallest absolute Gasteiger partial charge is 0.251 e. The summed E-state index contributed by atoms with van der Waals surface area (Å²) in [5.41, 5.74) is 1.68. The largest absolute Gasteiger partial charge is 0.493 e. The summed E-state index contributed by atoms with van der Waals surface area (Å²) < 4.78 is 28.8. The topological polar surface area (TPSA) is 98.5 Å². The Morgan fingerprint density at radius 1 is 1.25 bits per heavy atom. The lowest BCUT2D eigenvalue weighted by molar-refractivity contribution is 0.0924. The van der Waals surface area contributed by atoms with Crippen LogP contribution in [0.5, 0.6) is 5.75 Å². The van der Waals surface area contributed by atoms with Gasteiger partial charge in [0, 0.05) is 17.5 Å². The van der Waals surface area contributed by atoms with Crippen molar-refractivity contribution in [3.05, 3.63) is 59.2 Å². The van der Waals surface area contributed by atoms with Crippen LogP contribution in [-0.4, -0.2) is 20.9 Å². The van der Waals surface area contributed by atoms with Crippen LogP contribution in [0.3, 0.4) is 0 Å². The molecule has 0 aliphatic carbocycles. The van der Waals surface area contributed by atoms with Crippen molar-refractivity contribution < 1.29 is 17.9 Å². The van der Waals surface area contributed by atoms with Crippen molar-refractivity contribution >= 4 is 15.9 Å². The number of primary sulfonamides is 1. The minimum Gasteiger partial charge on any atom is -0.493 e. The van der Waals surface area contributed by atoms with Crippen LogP contribution in [0, 0.1) is 6.92 Å². The molecule has 0 spiro atoms. The number of benzene rings is 2. The van der Waals surface area contributed by atoms with Crippen molar-refractivity contribution in [2.45, 2.75) is 24.3 Å². The van der Waals surface area contributed by atoms with Crippen LogP contribution in [0.15, 0.2) is 47.4 Å². The van der Waals surface area contributed by atoms with E-state index >= 15 is 0 Å². The van der Waals surface area contributed by atoms with E-state index in [9.17, 15) is 13.2 Å². The summed E-state index contributed by atoms with van der Waals surface area (Å²) in [6, 6.07) is 11.8. The van der Waals surface area contributed by atoms with Crippen LogP contribution in [0.2, 0.25) is 0 Å². The SMILES string of the molecule is Cc1ccc(C(=O)N[C@H]2CCOc3ccccc32)cc1S(N)(=O)=O. The molecular formula is C17H18N2O4S. The lowest BCUT2D eigenvalue weighted by Gasteiger charge is -2.26. The van der Waals surface area contributed by atoms with Gasteiger partial charge in [-0.25, -0.2) is 13.6 Å². The van der Waals surface area contributed by atoms with Crippen molar-refractivity contribution in [3.8, 4) is 5.75 Å². The molecule has 3 rings (SSSR count). The predicted molar refractivity (Wildman–Crippen MR) is 89.3 cm³/mol. The first kappa shape index (κ1) is 16.5. The van der Waals surface area contributed by atoms with Crippen molar-refractivity contribution in [2.75, 3.05) is 6.61 Å². The average molecular weight is 346 g/mol. The van der Waals surface area contributed by atoms with Crippen molar-refractivity contribution in [3.63, 3.8) is 0 Å². The second kappa shape index (κ2) is 6.26. The van der Waals surface area contributed by atoms with Gasteiger partial charge in [-0.1, -0.05) is 24.3 Å². The monoisotopic (exact) mass is 346 g/mol. The van der Waals surface area contributed by atoms with Gasteiger partial charge in [0.15, 0.2) is 0 Å². The summed E-state index contributed by atoms with van der Waals surface area (Å²) in [5.74, 6) is 0.407. The number of sulfonamides is 1. The maximum atomic E-state index is 12.5. The molecule has 2 aromatic rings. The van der Waals surface area contributed by atoms with Gasteiger partial charge in [0.25, 0.3) is 5.91 Å². The first-order chi connectivity index (χ1) is 11.4. The average Bonchev–Trinajstić information content (AvgIpc) is 2.54. The Morgan fingerprint density at radius 2 is 2.00 bits per heavy atom. The molecule has 2 aromatic carbocycles. The Kier molecular flexibility index (Phi) is 4.29. The van der Waals surface area contributed by atoms with Gasteiger partial charge in [-0.2, -0.15) is 0 Å². The molecule has 0 bridgehead atoms. The third-order valence-electron chi connectivity index (χ3n) is 4.02. The highest BCUT2D eigenvalue weighted by Gasteiger charge is 2.23. The molecular weight excluding hydrogens is 328 g/mol. The lowest BCUT2D eigenvalue weighted by atomic mass is 10.00. The zero-order valence-corrected chi connectivity index (χ0v) is 14.0. The quantitative estimate of drug-likeness (QED) is 0.887. The molecule has 0 saturated carbocycles. The molecule has 1 heterocycles. The van der Waals surface area contributed by atoms with Crippen LogP contribution in [-0.2, 0) is 10.0 Å². The number of carbonyl (C=O) groups is 1. The van der Waals surface area contributed by atoms with Gasteiger partial charge in [-0.3, -0.25) is 4.79 Å². The molecule has 24 heavy (non-hydrogen) atoms. The van der Waals surface area contributed by atoms with Crippen molar-refractivity contribution in [2.24, 2.45) is 5.14 Å².